The molecule has 4 atom stereocenters. The number of hydrogen-bond donors (Lipinski definition) is 2. The molecule has 0 spiro atoms. The lowest BCUT2D eigenvalue weighted by molar-refractivity contribution is -0.139. The van der Waals surface area contributed by atoms with Gasteiger partial charge in [-0.25, -0.2) is 19.2 Å². The van der Waals surface area contributed by atoms with Crippen LogP contribution in [0.4, 0.5) is 9.59 Å². The van der Waals surface area contributed by atoms with Crippen molar-refractivity contribution in [3.63, 3.8) is 0 Å². The molecule has 1 aliphatic carbocycles. The van der Waals surface area contributed by atoms with Crippen LogP contribution in [0.15, 0.2) is 24.3 Å². The standard InChI is InChI=1S/C50H90N2O8/c1-7-9-11-18-25-31-45-43(29-23-10-8-2)33-34-44(30-24-19-14-12-16-21-27-37-59-49(55)51-35-39-57-47(53)41(3)4)46(45)32-26-20-15-13-17-22-28-38-60-50(56)52-36-40-58-48(54)42(5)6/h43-46H,3,5,7-40H2,1-2,4,6H3,(H,51,55)(H,52,56). The Morgan fingerprint density at radius 2 is 0.750 bits per heavy atom. The summed E-state index contributed by atoms with van der Waals surface area (Å²) in [5, 5.41) is 5.23. The van der Waals surface area contributed by atoms with Gasteiger partial charge in [0.2, 0.25) is 0 Å². The molecule has 10 heteroatoms. The molecule has 0 bridgehead atoms. The van der Waals surface area contributed by atoms with E-state index < -0.39 is 24.1 Å². The second kappa shape index (κ2) is 37.7. The number of alkyl carbamates (subject to hydrolysis) is 2. The van der Waals surface area contributed by atoms with Gasteiger partial charge in [0, 0.05) is 11.1 Å². The van der Waals surface area contributed by atoms with E-state index in [1.165, 1.54) is 154 Å². The summed E-state index contributed by atoms with van der Waals surface area (Å²) in [5.74, 6) is 2.70. The molecule has 0 saturated heterocycles. The van der Waals surface area contributed by atoms with Crippen molar-refractivity contribution >= 4 is 24.1 Å². The van der Waals surface area contributed by atoms with E-state index in [0.29, 0.717) is 24.4 Å². The maximum atomic E-state index is 11.9. The van der Waals surface area contributed by atoms with Crippen molar-refractivity contribution in [2.75, 3.05) is 39.5 Å². The van der Waals surface area contributed by atoms with Gasteiger partial charge in [-0.15, -0.1) is 0 Å². The van der Waals surface area contributed by atoms with Gasteiger partial charge in [-0.3, -0.25) is 0 Å². The molecule has 0 aromatic carbocycles. The molecule has 1 aliphatic rings. The number of hydrogen-bond acceptors (Lipinski definition) is 8. The minimum absolute atomic E-state index is 0.106. The SMILES string of the molecule is C=C(C)C(=O)OCCNC(=O)OCCCCCCCCCC1CCC(CCCCC)C(CCCCCCC)C1CCCCCCCCCOC(=O)NCCOC(=O)C(=C)C. The fraction of sp³-hybridized carbons (Fsp3) is 0.840. The molecule has 0 aromatic heterocycles. The van der Waals surface area contributed by atoms with E-state index >= 15 is 0 Å². The smallest absolute Gasteiger partial charge is 0.407 e. The molecule has 0 aromatic rings. The average Bonchev–Trinajstić information content (AvgIpc) is 3.23. The highest BCUT2D eigenvalue weighted by atomic mass is 16.6. The molecule has 1 saturated carbocycles. The lowest BCUT2D eigenvalue weighted by Crippen LogP contribution is -2.35. The minimum atomic E-state index is -0.466. The van der Waals surface area contributed by atoms with Crippen LogP contribution in [0.25, 0.3) is 0 Å². The first-order chi connectivity index (χ1) is 29.1. The van der Waals surface area contributed by atoms with Crippen molar-refractivity contribution in [3.8, 4) is 0 Å². The van der Waals surface area contributed by atoms with Crippen LogP contribution in [0, 0.1) is 23.7 Å². The Morgan fingerprint density at radius 1 is 0.433 bits per heavy atom. The maximum absolute atomic E-state index is 11.9. The summed E-state index contributed by atoms with van der Waals surface area (Å²) < 4.78 is 20.5. The molecule has 10 nitrogen and oxygen atoms in total. The van der Waals surface area contributed by atoms with Gasteiger partial charge < -0.3 is 29.6 Å². The summed E-state index contributed by atoms with van der Waals surface area (Å²) >= 11 is 0. The van der Waals surface area contributed by atoms with Crippen LogP contribution in [0.2, 0.25) is 0 Å². The predicted octanol–water partition coefficient (Wildman–Crippen LogP) is 13.1. The van der Waals surface area contributed by atoms with Crippen LogP contribution in [0.3, 0.4) is 0 Å². The number of esters is 2. The van der Waals surface area contributed by atoms with Gasteiger partial charge in [-0.2, -0.15) is 0 Å². The predicted molar refractivity (Wildman–Crippen MR) is 245 cm³/mol. The van der Waals surface area contributed by atoms with E-state index in [9.17, 15) is 19.2 Å². The van der Waals surface area contributed by atoms with Gasteiger partial charge in [-0.1, -0.05) is 168 Å². The zero-order valence-corrected chi connectivity index (χ0v) is 39.0. The van der Waals surface area contributed by atoms with E-state index in [4.69, 9.17) is 18.9 Å². The molecule has 1 rings (SSSR count). The average molecular weight is 847 g/mol. The highest BCUT2D eigenvalue weighted by Crippen LogP contribution is 2.47. The van der Waals surface area contributed by atoms with Gasteiger partial charge in [0.1, 0.15) is 13.2 Å². The van der Waals surface area contributed by atoms with Gasteiger partial charge in [0.15, 0.2) is 0 Å². The van der Waals surface area contributed by atoms with E-state index in [0.717, 1.165) is 49.4 Å². The molecule has 0 aliphatic heterocycles. The Bertz CT molecular complexity index is 1160. The number of amides is 2. The second-order valence-electron chi connectivity index (χ2n) is 17.6. The zero-order chi connectivity index (χ0) is 44.1. The molecule has 348 valence electrons. The number of ether oxygens (including phenoxy) is 4. The number of nitrogens with one attached hydrogen (secondary N) is 2. The van der Waals surface area contributed by atoms with E-state index in [1.54, 1.807) is 13.8 Å². The van der Waals surface area contributed by atoms with Crippen LogP contribution in [-0.2, 0) is 28.5 Å². The topological polar surface area (TPSA) is 129 Å². The van der Waals surface area contributed by atoms with Gasteiger partial charge in [-0.05, 0) is 76.0 Å². The van der Waals surface area contributed by atoms with Crippen molar-refractivity contribution in [1.29, 1.82) is 0 Å². The monoisotopic (exact) mass is 847 g/mol. The summed E-state index contributed by atoms with van der Waals surface area (Å²) in [6.07, 6.45) is 35.3. The van der Waals surface area contributed by atoms with E-state index in [1.807, 2.05) is 0 Å². The molecule has 2 N–H and O–H groups in total. The molecule has 60 heavy (non-hydrogen) atoms. The third-order valence-electron chi connectivity index (χ3n) is 12.3. The Kier molecular flexibility index (Phi) is 34.5. The van der Waals surface area contributed by atoms with Gasteiger partial charge in [0.25, 0.3) is 0 Å². The molecule has 2 amide bonds. The number of carbonyl (C=O) groups is 4. The van der Waals surface area contributed by atoms with Crippen LogP contribution in [-0.4, -0.2) is 63.6 Å². The van der Waals surface area contributed by atoms with Crippen LogP contribution >= 0.6 is 0 Å². The van der Waals surface area contributed by atoms with Gasteiger partial charge >= 0.3 is 24.1 Å². The third-order valence-corrected chi connectivity index (χ3v) is 12.3. The van der Waals surface area contributed by atoms with Crippen molar-refractivity contribution in [2.24, 2.45) is 23.7 Å². The Hall–Kier alpha value is -3.04. The van der Waals surface area contributed by atoms with E-state index in [-0.39, 0.29) is 26.3 Å². The molecule has 4 unspecified atom stereocenters. The zero-order valence-electron chi connectivity index (χ0n) is 39.0. The maximum Gasteiger partial charge on any atom is 0.407 e. The first kappa shape index (κ1) is 55.0. The molecule has 0 radical (unpaired) electrons. The largest absolute Gasteiger partial charge is 0.460 e. The fourth-order valence-corrected chi connectivity index (χ4v) is 8.84. The number of rotatable bonds is 38. The third kappa shape index (κ3) is 29.3. The van der Waals surface area contributed by atoms with Crippen molar-refractivity contribution < 1.29 is 38.1 Å². The highest BCUT2D eigenvalue weighted by Gasteiger charge is 2.37. The number of carbonyl (C=O) groups excluding carboxylic acids is 4. The fourth-order valence-electron chi connectivity index (χ4n) is 8.84. The first-order valence-corrected chi connectivity index (χ1v) is 24.6. The first-order valence-electron chi connectivity index (χ1n) is 24.6. The summed E-state index contributed by atoms with van der Waals surface area (Å²) in [7, 11) is 0. The Labute approximate surface area is 366 Å². The van der Waals surface area contributed by atoms with Crippen molar-refractivity contribution in [2.45, 2.75) is 207 Å². The molecule has 1 fully saturated rings. The quantitative estimate of drug-likeness (QED) is 0.0272. The molecular formula is C50H90N2O8. The highest BCUT2D eigenvalue weighted by molar-refractivity contribution is 5.87. The lowest BCUT2D eigenvalue weighted by Gasteiger charge is -2.44. The lowest BCUT2D eigenvalue weighted by atomic mass is 9.61. The number of unbranched alkanes of at least 4 members (excludes halogenated alkanes) is 18. The van der Waals surface area contributed by atoms with Gasteiger partial charge in [0.05, 0.1) is 26.3 Å². The normalized spacial score (nSPS) is 17.4. The summed E-state index contributed by atoms with van der Waals surface area (Å²) in [4.78, 5) is 46.6. The van der Waals surface area contributed by atoms with Crippen molar-refractivity contribution in [1.82, 2.24) is 10.6 Å². The molecular weight excluding hydrogens is 757 g/mol. The van der Waals surface area contributed by atoms with Crippen LogP contribution in [0.5, 0.6) is 0 Å². The summed E-state index contributed by atoms with van der Waals surface area (Å²) in [5.41, 5.74) is 0.680. The summed E-state index contributed by atoms with van der Waals surface area (Å²) in [6, 6.07) is 0. The second-order valence-corrected chi connectivity index (χ2v) is 17.6. The van der Waals surface area contributed by atoms with Crippen LogP contribution in [0.1, 0.15) is 207 Å². The summed E-state index contributed by atoms with van der Waals surface area (Å²) in [6.45, 7) is 16.4. The Balaban J connectivity index is 2.44. The Morgan fingerprint density at radius 3 is 1.13 bits per heavy atom. The van der Waals surface area contributed by atoms with Crippen molar-refractivity contribution in [3.05, 3.63) is 24.3 Å². The molecule has 0 heterocycles. The van der Waals surface area contributed by atoms with E-state index in [2.05, 4.69) is 37.6 Å². The minimum Gasteiger partial charge on any atom is -0.460 e. The van der Waals surface area contributed by atoms with Crippen LogP contribution < -0.4 is 10.6 Å².